The van der Waals surface area contributed by atoms with Gasteiger partial charge in [-0.05, 0) is 30.9 Å². The maximum Gasteiger partial charge on any atom is 0.322 e. The summed E-state index contributed by atoms with van der Waals surface area (Å²) in [6.45, 7) is 0. The highest BCUT2D eigenvalue weighted by atomic mass is 32.2. The number of halogens is 1. The maximum atomic E-state index is 13.7. The molecule has 1 aromatic carbocycles. The number of hydrogen-bond donors (Lipinski definition) is 1. The lowest BCUT2D eigenvalue weighted by Gasteiger charge is -2.27. The number of rotatable bonds is 4. The minimum atomic E-state index is -4.21. The molecular weight excluding hydrogens is 283 g/mol. The van der Waals surface area contributed by atoms with Gasteiger partial charge in [-0.1, -0.05) is 31.4 Å². The lowest BCUT2D eigenvalue weighted by molar-refractivity contribution is -0.137. The summed E-state index contributed by atoms with van der Waals surface area (Å²) in [4.78, 5) is 10.9. The van der Waals surface area contributed by atoms with Gasteiger partial charge < -0.3 is 5.11 Å². The molecule has 1 saturated carbocycles. The Kier molecular flexibility index (Phi) is 4.42. The van der Waals surface area contributed by atoms with Crippen LogP contribution in [-0.4, -0.2) is 24.7 Å². The lowest BCUT2D eigenvalue weighted by Crippen LogP contribution is -2.38. The van der Waals surface area contributed by atoms with Gasteiger partial charge in [-0.2, -0.15) is 0 Å². The second kappa shape index (κ2) is 5.91. The molecule has 1 atom stereocenters. The third kappa shape index (κ3) is 2.85. The van der Waals surface area contributed by atoms with E-state index in [0.717, 1.165) is 31.4 Å². The number of carboxylic acid groups (broad SMARTS) is 1. The van der Waals surface area contributed by atoms with E-state index in [-0.39, 0.29) is 0 Å². The van der Waals surface area contributed by atoms with Gasteiger partial charge in [0.25, 0.3) is 0 Å². The molecule has 0 bridgehead atoms. The normalized spacial score (nSPS) is 18.6. The van der Waals surface area contributed by atoms with Crippen LogP contribution in [0.1, 0.15) is 32.1 Å². The molecule has 0 heterocycles. The van der Waals surface area contributed by atoms with Crippen molar-refractivity contribution in [2.45, 2.75) is 42.2 Å². The third-order valence-electron chi connectivity index (χ3n) is 3.80. The van der Waals surface area contributed by atoms with E-state index in [9.17, 15) is 22.7 Å². The summed E-state index contributed by atoms with van der Waals surface area (Å²) >= 11 is 0. The van der Waals surface area contributed by atoms with Crippen LogP contribution in [-0.2, 0) is 14.6 Å². The van der Waals surface area contributed by atoms with Crippen molar-refractivity contribution in [3.63, 3.8) is 0 Å². The van der Waals surface area contributed by atoms with Crippen molar-refractivity contribution in [1.82, 2.24) is 0 Å². The van der Waals surface area contributed by atoms with Gasteiger partial charge >= 0.3 is 5.97 Å². The smallest absolute Gasteiger partial charge is 0.322 e. The molecule has 1 aromatic rings. The molecular formula is C14H17FO4S. The summed E-state index contributed by atoms with van der Waals surface area (Å²) < 4.78 is 38.7. The quantitative estimate of drug-likeness (QED) is 0.928. The minimum Gasteiger partial charge on any atom is -0.480 e. The second-order valence-electron chi connectivity index (χ2n) is 5.13. The Morgan fingerprint density at radius 1 is 1.20 bits per heavy atom. The van der Waals surface area contributed by atoms with Crippen molar-refractivity contribution in [3.8, 4) is 0 Å². The van der Waals surface area contributed by atoms with Crippen molar-refractivity contribution < 1.29 is 22.7 Å². The molecule has 1 aliphatic rings. The zero-order valence-corrected chi connectivity index (χ0v) is 11.8. The number of carbonyl (C=O) groups is 1. The molecule has 110 valence electrons. The molecule has 2 rings (SSSR count). The molecule has 1 N–H and O–H groups in total. The topological polar surface area (TPSA) is 71.4 Å². The molecule has 1 unspecified atom stereocenters. The molecule has 6 heteroatoms. The van der Waals surface area contributed by atoms with E-state index in [1.807, 2.05) is 0 Å². The van der Waals surface area contributed by atoms with Crippen LogP contribution in [0.2, 0.25) is 0 Å². The van der Waals surface area contributed by atoms with Gasteiger partial charge in [0.15, 0.2) is 15.1 Å². The molecule has 4 nitrogen and oxygen atoms in total. The summed E-state index contributed by atoms with van der Waals surface area (Å²) in [6.07, 6.45) is 3.75. The molecule has 0 amide bonds. The van der Waals surface area contributed by atoms with Crippen molar-refractivity contribution in [3.05, 3.63) is 30.1 Å². The highest BCUT2D eigenvalue weighted by Gasteiger charge is 2.41. The Balaban J connectivity index is 2.42. The molecule has 1 fully saturated rings. The molecule has 20 heavy (non-hydrogen) atoms. The molecule has 0 spiro atoms. The fraction of sp³-hybridized carbons (Fsp3) is 0.500. The number of aliphatic carboxylic acids is 1. The van der Waals surface area contributed by atoms with Crippen LogP contribution in [0, 0.1) is 11.7 Å². The summed E-state index contributed by atoms with van der Waals surface area (Å²) in [5.74, 6) is -2.72. The average Bonchev–Trinajstić information content (AvgIpc) is 2.39. The number of carboxylic acids is 1. The average molecular weight is 300 g/mol. The SMILES string of the molecule is O=C(O)C(C1CCCCC1)S(=O)(=O)c1ccccc1F. The first-order chi connectivity index (χ1) is 9.44. The molecule has 0 aromatic heterocycles. The summed E-state index contributed by atoms with van der Waals surface area (Å²) in [7, 11) is -4.21. The van der Waals surface area contributed by atoms with E-state index in [4.69, 9.17) is 0 Å². The monoisotopic (exact) mass is 300 g/mol. The van der Waals surface area contributed by atoms with Crippen LogP contribution < -0.4 is 0 Å². The van der Waals surface area contributed by atoms with Crippen molar-refractivity contribution in [1.29, 1.82) is 0 Å². The first-order valence-corrected chi connectivity index (χ1v) is 8.20. The van der Waals surface area contributed by atoms with Gasteiger partial charge in [0.2, 0.25) is 0 Å². The Morgan fingerprint density at radius 3 is 2.35 bits per heavy atom. The number of benzene rings is 1. The van der Waals surface area contributed by atoms with Crippen LogP contribution in [0.25, 0.3) is 0 Å². The summed E-state index contributed by atoms with van der Waals surface area (Å²) in [6, 6.07) is 4.94. The fourth-order valence-corrected chi connectivity index (χ4v) is 4.76. The third-order valence-corrected chi connectivity index (χ3v) is 6.00. The zero-order valence-electron chi connectivity index (χ0n) is 11.0. The molecule has 0 aliphatic heterocycles. The van der Waals surface area contributed by atoms with Gasteiger partial charge in [-0.3, -0.25) is 4.79 Å². The van der Waals surface area contributed by atoms with Crippen molar-refractivity contribution >= 4 is 15.8 Å². The summed E-state index contributed by atoms with van der Waals surface area (Å²) in [5, 5.41) is 7.76. The van der Waals surface area contributed by atoms with Crippen LogP contribution in [0.3, 0.4) is 0 Å². The molecule has 1 aliphatic carbocycles. The van der Waals surface area contributed by atoms with E-state index < -0.39 is 37.7 Å². The predicted molar refractivity (Wildman–Crippen MR) is 71.6 cm³/mol. The van der Waals surface area contributed by atoms with Gasteiger partial charge in [-0.25, -0.2) is 12.8 Å². The van der Waals surface area contributed by atoms with E-state index in [0.29, 0.717) is 12.8 Å². The van der Waals surface area contributed by atoms with E-state index in [2.05, 4.69) is 0 Å². The van der Waals surface area contributed by atoms with Crippen LogP contribution >= 0.6 is 0 Å². The van der Waals surface area contributed by atoms with Crippen LogP contribution in [0.4, 0.5) is 4.39 Å². The largest absolute Gasteiger partial charge is 0.480 e. The Bertz CT molecular complexity index is 591. The predicted octanol–water partition coefficient (Wildman–Crippen LogP) is 2.63. The van der Waals surface area contributed by atoms with Crippen LogP contribution in [0.15, 0.2) is 29.2 Å². The van der Waals surface area contributed by atoms with E-state index in [1.165, 1.54) is 12.1 Å². The highest BCUT2D eigenvalue weighted by Crippen LogP contribution is 2.33. The fourth-order valence-electron chi connectivity index (χ4n) is 2.84. The zero-order chi connectivity index (χ0) is 14.8. The molecule has 0 saturated heterocycles. The number of sulfone groups is 1. The maximum absolute atomic E-state index is 13.7. The van der Waals surface area contributed by atoms with Gasteiger partial charge in [0.05, 0.1) is 0 Å². The standard InChI is InChI=1S/C14H17FO4S/c15-11-8-4-5-9-12(11)20(18,19)13(14(16)17)10-6-2-1-3-7-10/h4-5,8-10,13H,1-3,6-7H2,(H,16,17). The molecule has 0 radical (unpaired) electrons. The summed E-state index contributed by atoms with van der Waals surface area (Å²) in [5.41, 5.74) is 0. The van der Waals surface area contributed by atoms with E-state index in [1.54, 1.807) is 0 Å². The first kappa shape index (κ1) is 15.0. The van der Waals surface area contributed by atoms with Gasteiger partial charge in [-0.15, -0.1) is 0 Å². The van der Waals surface area contributed by atoms with Gasteiger partial charge in [0.1, 0.15) is 10.7 Å². The Hall–Kier alpha value is -1.43. The Morgan fingerprint density at radius 2 is 1.80 bits per heavy atom. The number of hydrogen-bond acceptors (Lipinski definition) is 3. The van der Waals surface area contributed by atoms with Crippen molar-refractivity contribution in [2.75, 3.05) is 0 Å². The van der Waals surface area contributed by atoms with Crippen molar-refractivity contribution in [2.24, 2.45) is 5.92 Å². The van der Waals surface area contributed by atoms with Gasteiger partial charge in [0, 0.05) is 0 Å². The minimum absolute atomic E-state index is 0.439. The van der Waals surface area contributed by atoms with Crippen LogP contribution in [0.5, 0.6) is 0 Å². The van der Waals surface area contributed by atoms with E-state index >= 15 is 0 Å². The first-order valence-electron chi connectivity index (χ1n) is 6.66. The highest BCUT2D eigenvalue weighted by molar-refractivity contribution is 7.92. The lowest BCUT2D eigenvalue weighted by atomic mass is 9.87. The Labute approximate surface area is 117 Å². The second-order valence-corrected chi connectivity index (χ2v) is 7.17.